The smallest absolute Gasteiger partial charge is 0.271 e. The number of aryl methyl sites for hydroxylation is 1. The first-order chi connectivity index (χ1) is 9.86. The van der Waals surface area contributed by atoms with Crippen LogP contribution in [-0.2, 0) is 11.3 Å². The average Bonchev–Trinajstić information content (AvgIpc) is 2.78. The van der Waals surface area contributed by atoms with Gasteiger partial charge in [-0.3, -0.25) is 19.6 Å². The van der Waals surface area contributed by atoms with Crippen LogP contribution in [0, 0.1) is 17.0 Å². The lowest BCUT2D eigenvalue weighted by Gasteiger charge is -2.09. The molecule has 21 heavy (non-hydrogen) atoms. The molecule has 0 radical (unpaired) electrons. The molecule has 0 saturated carbocycles. The second-order valence-electron chi connectivity index (χ2n) is 4.24. The number of aromatic nitrogens is 2. The number of anilines is 1. The van der Waals surface area contributed by atoms with Crippen LogP contribution in [-0.4, -0.2) is 20.6 Å². The fraction of sp³-hybridized carbons (Fsp3) is 0.167. The number of rotatable bonds is 4. The molecule has 0 saturated heterocycles. The summed E-state index contributed by atoms with van der Waals surface area (Å²) >= 11 is 6.43. The van der Waals surface area contributed by atoms with Crippen LogP contribution in [0.5, 0.6) is 0 Å². The first-order valence-corrected chi connectivity index (χ1v) is 7.39. The molecule has 110 valence electrons. The molecule has 0 aliphatic heterocycles. The number of nitrogens with one attached hydrogen (secondary N) is 1. The fourth-order valence-electron chi connectivity index (χ4n) is 1.66. The van der Waals surface area contributed by atoms with Crippen molar-refractivity contribution in [1.29, 1.82) is 0 Å². The lowest BCUT2D eigenvalue weighted by molar-refractivity contribution is -0.385. The molecule has 2 aromatic rings. The molecule has 0 fully saturated rings. The molecule has 0 bridgehead atoms. The zero-order valence-electron chi connectivity index (χ0n) is 10.8. The van der Waals surface area contributed by atoms with Crippen LogP contribution in [0.25, 0.3) is 0 Å². The third kappa shape index (κ3) is 3.88. The van der Waals surface area contributed by atoms with Crippen molar-refractivity contribution in [2.75, 3.05) is 5.32 Å². The highest BCUT2D eigenvalue weighted by Crippen LogP contribution is 2.35. The molecule has 2 rings (SSSR count). The number of nitro groups is 1. The second kappa shape index (κ2) is 6.35. The molecule has 0 aliphatic rings. The van der Waals surface area contributed by atoms with Gasteiger partial charge in [0.2, 0.25) is 5.91 Å². The van der Waals surface area contributed by atoms with Crippen molar-refractivity contribution in [3.63, 3.8) is 0 Å². The van der Waals surface area contributed by atoms with E-state index in [4.69, 9.17) is 0 Å². The normalized spacial score (nSPS) is 10.4. The summed E-state index contributed by atoms with van der Waals surface area (Å²) in [5, 5.41) is 17.6. The molecule has 1 aromatic carbocycles. The Morgan fingerprint density at radius 3 is 2.52 bits per heavy atom. The van der Waals surface area contributed by atoms with Crippen molar-refractivity contribution in [2.24, 2.45) is 0 Å². The number of nitrogens with zero attached hydrogens (tertiary/aromatic N) is 3. The van der Waals surface area contributed by atoms with Crippen molar-refractivity contribution in [3.05, 3.63) is 49.1 Å². The predicted octanol–water partition coefficient (Wildman–Crippen LogP) is 3.26. The minimum Gasteiger partial charge on any atom is -0.323 e. The van der Waals surface area contributed by atoms with E-state index in [1.165, 1.54) is 16.8 Å². The number of nitro benzene ring substituents is 1. The molecule has 0 spiro atoms. The number of hydrogen-bond donors (Lipinski definition) is 1. The summed E-state index contributed by atoms with van der Waals surface area (Å²) in [5.41, 5.74) is 1.18. The SMILES string of the molecule is Cc1ccn(CC(=O)Nc2c(Br)cc([N+](=O)[O-])cc2Br)n1. The zero-order valence-corrected chi connectivity index (χ0v) is 14.0. The molecule has 1 heterocycles. The van der Waals surface area contributed by atoms with Gasteiger partial charge in [0, 0.05) is 27.3 Å². The number of amides is 1. The zero-order chi connectivity index (χ0) is 15.6. The summed E-state index contributed by atoms with van der Waals surface area (Å²) in [6.07, 6.45) is 1.70. The number of non-ortho nitro benzene ring substituents is 1. The number of hydrogen-bond acceptors (Lipinski definition) is 4. The highest BCUT2D eigenvalue weighted by molar-refractivity contribution is 9.11. The van der Waals surface area contributed by atoms with Crippen molar-refractivity contribution >= 4 is 49.1 Å². The van der Waals surface area contributed by atoms with Crippen molar-refractivity contribution < 1.29 is 9.72 Å². The quantitative estimate of drug-likeness (QED) is 0.610. The van der Waals surface area contributed by atoms with Gasteiger partial charge in [0.05, 0.1) is 16.3 Å². The molecule has 0 aliphatic carbocycles. The standard InChI is InChI=1S/C12H10Br2N4O3/c1-7-2-3-17(16-7)6-11(19)15-12-9(13)4-8(18(20)21)5-10(12)14/h2-5H,6H2,1H3,(H,15,19). The van der Waals surface area contributed by atoms with E-state index in [0.717, 1.165) is 5.69 Å². The highest BCUT2D eigenvalue weighted by atomic mass is 79.9. The maximum Gasteiger partial charge on any atom is 0.271 e. The average molecular weight is 418 g/mol. The van der Waals surface area contributed by atoms with Gasteiger partial charge in [-0.2, -0.15) is 5.10 Å². The van der Waals surface area contributed by atoms with E-state index in [1.807, 2.05) is 6.92 Å². The maximum atomic E-state index is 12.0. The van der Waals surface area contributed by atoms with Gasteiger partial charge >= 0.3 is 0 Å². The van der Waals surface area contributed by atoms with Gasteiger partial charge in [-0.25, -0.2) is 0 Å². The molecule has 0 unspecified atom stereocenters. The fourth-order valence-corrected chi connectivity index (χ4v) is 3.02. The lowest BCUT2D eigenvalue weighted by Crippen LogP contribution is -2.19. The van der Waals surface area contributed by atoms with Crippen molar-refractivity contribution in [3.8, 4) is 0 Å². The molecule has 1 aromatic heterocycles. The molecule has 7 nitrogen and oxygen atoms in total. The van der Waals surface area contributed by atoms with Gasteiger partial charge in [0.1, 0.15) is 6.54 Å². The Hall–Kier alpha value is -1.74. The Balaban J connectivity index is 2.15. The minimum atomic E-state index is -0.506. The van der Waals surface area contributed by atoms with Gasteiger partial charge < -0.3 is 5.32 Å². The minimum absolute atomic E-state index is 0.0592. The number of carbonyl (C=O) groups excluding carboxylic acids is 1. The third-order valence-corrected chi connectivity index (χ3v) is 3.83. The van der Waals surface area contributed by atoms with Crippen LogP contribution in [0.2, 0.25) is 0 Å². The maximum absolute atomic E-state index is 12.0. The van der Waals surface area contributed by atoms with E-state index in [-0.39, 0.29) is 18.1 Å². The first kappa shape index (κ1) is 15.6. The van der Waals surface area contributed by atoms with E-state index in [0.29, 0.717) is 14.6 Å². The van der Waals surface area contributed by atoms with Crippen LogP contribution in [0.4, 0.5) is 11.4 Å². The lowest BCUT2D eigenvalue weighted by atomic mass is 10.3. The molecule has 1 N–H and O–H groups in total. The largest absolute Gasteiger partial charge is 0.323 e. The van der Waals surface area contributed by atoms with Gasteiger partial charge in [-0.1, -0.05) is 0 Å². The number of carbonyl (C=O) groups is 1. The van der Waals surface area contributed by atoms with Crippen LogP contribution < -0.4 is 5.32 Å². The van der Waals surface area contributed by atoms with Gasteiger partial charge in [-0.05, 0) is 44.8 Å². The summed E-state index contributed by atoms with van der Waals surface area (Å²) in [7, 11) is 0. The molecular formula is C12H10Br2N4O3. The van der Waals surface area contributed by atoms with Gasteiger partial charge in [0.15, 0.2) is 0 Å². The predicted molar refractivity (Wildman–Crippen MR) is 84.1 cm³/mol. The van der Waals surface area contributed by atoms with E-state index < -0.39 is 4.92 Å². The van der Waals surface area contributed by atoms with Gasteiger partial charge in [0.25, 0.3) is 5.69 Å². The summed E-state index contributed by atoms with van der Waals surface area (Å²) in [6.45, 7) is 1.89. The summed E-state index contributed by atoms with van der Waals surface area (Å²) in [5.74, 6) is -0.284. The first-order valence-electron chi connectivity index (χ1n) is 5.80. The van der Waals surface area contributed by atoms with E-state index in [9.17, 15) is 14.9 Å². The number of benzene rings is 1. The van der Waals surface area contributed by atoms with E-state index >= 15 is 0 Å². The van der Waals surface area contributed by atoms with E-state index in [2.05, 4.69) is 42.3 Å². The second-order valence-corrected chi connectivity index (χ2v) is 5.95. The van der Waals surface area contributed by atoms with Crippen LogP contribution >= 0.6 is 31.9 Å². The Kier molecular flexibility index (Phi) is 4.73. The molecule has 1 amide bonds. The Morgan fingerprint density at radius 1 is 1.43 bits per heavy atom. The summed E-state index contributed by atoms with van der Waals surface area (Å²) in [6, 6.07) is 4.46. The number of halogens is 2. The Morgan fingerprint density at radius 2 is 2.05 bits per heavy atom. The summed E-state index contributed by atoms with van der Waals surface area (Å²) < 4.78 is 2.36. The van der Waals surface area contributed by atoms with E-state index in [1.54, 1.807) is 12.3 Å². The highest BCUT2D eigenvalue weighted by Gasteiger charge is 2.16. The van der Waals surface area contributed by atoms with Crippen molar-refractivity contribution in [2.45, 2.75) is 13.5 Å². The Bertz CT molecular complexity index is 691. The Labute approximate surface area is 136 Å². The van der Waals surface area contributed by atoms with Crippen molar-refractivity contribution in [1.82, 2.24) is 9.78 Å². The van der Waals surface area contributed by atoms with Crippen LogP contribution in [0.1, 0.15) is 5.69 Å². The van der Waals surface area contributed by atoms with Crippen LogP contribution in [0.15, 0.2) is 33.3 Å². The molecular weight excluding hydrogens is 408 g/mol. The molecule has 0 atom stereocenters. The topological polar surface area (TPSA) is 90.1 Å². The van der Waals surface area contributed by atoms with Gasteiger partial charge in [-0.15, -0.1) is 0 Å². The third-order valence-electron chi connectivity index (χ3n) is 2.58. The van der Waals surface area contributed by atoms with Crippen LogP contribution in [0.3, 0.4) is 0 Å². The monoisotopic (exact) mass is 416 g/mol. The summed E-state index contributed by atoms with van der Waals surface area (Å²) in [4.78, 5) is 22.2. The molecule has 9 heteroatoms.